The van der Waals surface area contributed by atoms with Crippen LogP contribution in [0.25, 0.3) is 6.08 Å². The van der Waals surface area contributed by atoms with E-state index in [0.29, 0.717) is 6.04 Å². The molecule has 1 atom stereocenters. The van der Waals surface area contributed by atoms with Crippen molar-refractivity contribution in [2.45, 2.75) is 6.04 Å². The molecule has 68 valence electrons. The van der Waals surface area contributed by atoms with E-state index in [1.807, 2.05) is 6.07 Å². The van der Waals surface area contributed by atoms with E-state index in [4.69, 9.17) is 5.73 Å². The molecule has 0 bridgehead atoms. The zero-order valence-corrected chi connectivity index (χ0v) is 7.99. The summed E-state index contributed by atoms with van der Waals surface area (Å²) in [6.45, 7) is 0. The van der Waals surface area contributed by atoms with Gasteiger partial charge in [-0.1, -0.05) is 18.2 Å². The van der Waals surface area contributed by atoms with Crippen molar-refractivity contribution in [3.8, 4) is 0 Å². The zero-order chi connectivity index (χ0) is 9.42. The minimum absolute atomic E-state index is 0.387. The average molecular weight is 174 g/mol. The summed E-state index contributed by atoms with van der Waals surface area (Å²) >= 11 is 0. The number of fused-ring (bicyclic) bond motifs is 1. The molecule has 2 N–H and O–H groups in total. The molecule has 0 saturated carbocycles. The first kappa shape index (κ1) is 8.32. The molecule has 2 heteroatoms. The number of hydrogen-bond acceptors (Lipinski definition) is 2. The molecule has 0 heterocycles. The predicted octanol–water partition coefficient (Wildman–Crippen LogP) is 1.90. The molecule has 0 aliphatic heterocycles. The molecule has 2 nitrogen and oxygen atoms in total. The van der Waals surface area contributed by atoms with E-state index in [1.54, 1.807) is 0 Å². The second-order valence-corrected chi connectivity index (χ2v) is 3.66. The van der Waals surface area contributed by atoms with Crippen LogP contribution in [0.2, 0.25) is 0 Å². The summed E-state index contributed by atoms with van der Waals surface area (Å²) in [4.78, 5) is 2.18. The number of nitrogen functional groups attached to an aromatic ring is 1. The smallest absolute Gasteiger partial charge is 0.0536 e. The largest absolute Gasteiger partial charge is 0.399 e. The van der Waals surface area contributed by atoms with Crippen molar-refractivity contribution in [3.05, 3.63) is 35.4 Å². The van der Waals surface area contributed by atoms with Crippen LogP contribution in [-0.2, 0) is 0 Å². The summed E-state index contributed by atoms with van der Waals surface area (Å²) in [5, 5.41) is 0. The third-order valence-corrected chi connectivity index (χ3v) is 2.44. The van der Waals surface area contributed by atoms with Crippen LogP contribution in [0.15, 0.2) is 24.3 Å². The zero-order valence-electron chi connectivity index (χ0n) is 7.99. The van der Waals surface area contributed by atoms with Crippen molar-refractivity contribution < 1.29 is 0 Å². The average Bonchev–Trinajstić information content (AvgIpc) is 2.46. The highest BCUT2D eigenvalue weighted by molar-refractivity contribution is 5.65. The van der Waals surface area contributed by atoms with Gasteiger partial charge in [0.1, 0.15) is 0 Å². The maximum absolute atomic E-state index is 5.75. The summed E-state index contributed by atoms with van der Waals surface area (Å²) in [7, 11) is 4.15. The Balaban J connectivity index is 2.45. The Morgan fingerprint density at radius 2 is 2.08 bits per heavy atom. The minimum atomic E-state index is 0.387. The number of hydrogen-bond donors (Lipinski definition) is 1. The lowest BCUT2D eigenvalue weighted by Gasteiger charge is -2.19. The van der Waals surface area contributed by atoms with Gasteiger partial charge in [-0.15, -0.1) is 0 Å². The van der Waals surface area contributed by atoms with Gasteiger partial charge >= 0.3 is 0 Å². The third-order valence-electron chi connectivity index (χ3n) is 2.44. The highest BCUT2D eigenvalue weighted by Gasteiger charge is 2.18. The number of anilines is 1. The van der Waals surface area contributed by atoms with Crippen LogP contribution in [0, 0.1) is 0 Å². The Bertz CT molecular complexity index is 353. The van der Waals surface area contributed by atoms with Gasteiger partial charge in [-0.05, 0) is 37.4 Å². The summed E-state index contributed by atoms with van der Waals surface area (Å²) in [5.41, 5.74) is 9.18. The number of benzene rings is 1. The maximum Gasteiger partial charge on any atom is 0.0536 e. The van der Waals surface area contributed by atoms with Gasteiger partial charge in [0.15, 0.2) is 0 Å². The van der Waals surface area contributed by atoms with Gasteiger partial charge in [0.05, 0.1) is 6.04 Å². The fourth-order valence-corrected chi connectivity index (χ4v) is 1.75. The third kappa shape index (κ3) is 1.33. The van der Waals surface area contributed by atoms with Gasteiger partial charge in [-0.2, -0.15) is 0 Å². The molecule has 1 aliphatic carbocycles. The SMILES string of the molecule is CN(C)C1C=Cc2ccc(N)cc21. The van der Waals surface area contributed by atoms with E-state index in [0.717, 1.165) is 5.69 Å². The number of nitrogens with zero attached hydrogens (tertiary/aromatic N) is 1. The Hall–Kier alpha value is -1.28. The van der Waals surface area contributed by atoms with Gasteiger partial charge in [-0.3, -0.25) is 4.90 Å². The molecule has 0 spiro atoms. The van der Waals surface area contributed by atoms with Crippen molar-refractivity contribution in [2.24, 2.45) is 0 Å². The second kappa shape index (κ2) is 2.89. The van der Waals surface area contributed by atoms with Crippen molar-refractivity contribution >= 4 is 11.8 Å². The Kier molecular flexibility index (Phi) is 1.85. The van der Waals surface area contributed by atoms with Crippen molar-refractivity contribution in [1.82, 2.24) is 4.90 Å². The molecule has 1 aromatic carbocycles. The van der Waals surface area contributed by atoms with Crippen LogP contribution in [0.4, 0.5) is 5.69 Å². The van der Waals surface area contributed by atoms with E-state index in [2.05, 4.69) is 43.3 Å². The van der Waals surface area contributed by atoms with Crippen LogP contribution < -0.4 is 5.73 Å². The molecular formula is C11H14N2. The van der Waals surface area contributed by atoms with E-state index in [-0.39, 0.29) is 0 Å². The molecule has 0 aromatic heterocycles. The number of rotatable bonds is 1. The lowest BCUT2D eigenvalue weighted by molar-refractivity contribution is 0.355. The van der Waals surface area contributed by atoms with E-state index in [1.165, 1.54) is 11.1 Å². The fourth-order valence-electron chi connectivity index (χ4n) is 1.75. The molecule has 0 saturated heterocycles. The van der Waals surface area contributed by atoms with Crippen molar-refractivity contribution in [2.75, 3.05) is 19.8 Å². The molecule has 13 heavy (non-hydrogen) atoms. The van der Waals surface area contributed by atoms with Crippen LogP contribution in [-0.4, -0.2) is 19.0 Å². The standard InChI is InChI=1S/C11H14N2/c1-13(2)11-6-4-8-3-5-9(12)7-10(8)11/h3-7,11H,12H2,1-2H3. The van der Waals surface area contributed by atoms with Gasteiger partial charge < -0.3 is 5.73 Å². The Morgan fingerprint density at radius 3 is 2.77 bits per heavy atom. The molecule has 1 unspecified atom stereocenters. The summed E-state index contributed by atoms with van der Waals surface area (Å²) < 4.78 is 0. The monoisotopic (exact) mass is 174 g/mol. The summed E-state index contributed by atoms with van der Waals surface area (Å²) in [5.74, 6) is 0. The molecule has 1 aliphatic rings. The van der Waals surface area contributed by atoms with E-state index < -0.39 is 0 Å². The number of nitrogens with two attached hydrogens (primary N) is 1. The van der Waals surface area contributed by atoms with Gasteiger partial charge in [-0.25, -0.2) is 0 Å². The first-order valence-electron chi connectivity index (χ1n) is 4.42. The quantitative estimate of drug-likeness (QED) is 0.659. The normalized spacial score (nSPS) is 19.5. The van der Waals surface area contributed by atoms with Crippen LogP contribution in [0.1, 0.15) is 17.2 Å². The molecule has 0 radical (unpaired) electrons. The van der Waals surface area contributed by atoms with Crippen LogP contribution >= 0.6 is 0 Å². The lowest BCUT2D eigenvalue weighted by atomic mass is 10.1. The fraction of sp³-hybridized carbons (Fsp3) is 0.273. The first-order valence-corrected chi connectivity index (χ1v) is 4.42. The molecule has 2 rings (SSSR count). The van der Waals surface area contributed by atoms with Crippen LogP contribution in [0.5, 0.6) is 0 Å². The van der Waals surface area contributed by atoms with Gasteiger partial charge in [0, 0.05) is 5.69 Å². The highest BCUT2D eigenvalue weighted by atomic mass is 15.1. The summed E-state index contributed by atoms with van der Waals surface area (Å²) in [6, 6.07) is 6.46. The highest BCUT2D eigenvalue weighted by Crippen LogP contribution is 2.32. The van der Waals surface area contributed by atoms with E-state index in [9.17, 15) is 0 Å². The lowest BCUT2D eigenvalue weighted by Crippen LogP contribution is -2.16. The van der Waals surface area contributed by atoms with E-state index >= 15 is 0 Å². The van der Waals surface area contributed by atoms with Crippen LogP contribution in [0.3, 0.4) is 0 Å². The maximum atomic E-state index is 5.75. The predicted molar refractivity (Wildman–Crippen MR) is 56.3 cm³/mol. The molecule has 1 aromatic rings. The molecular weight excluding hydrogens is 160 g/mol. The Morgan fingerprint density at radius 1 is 1.31 bits per heavy atom. The minimum Gasteiger partial charge on any atom is -0.399 e. The van der Waals surface area contributed by atoms with Crippen molar-refractivity contribution in [3.63, 3.8) is 0 Å². The summed E-state index contributed by atoms with van der Waals surface area (Å²) in [6.07, 6.45) is 4.35. The molecule has 0 fully saturated rings. The number of likely N-dealkylation sites (N-methyl/N-ethyl adjacent to an activating group) is 1. The van der Waals surface area contributed by atoms with Gasteiger partial charge in [0.25, 0.3) is 0 Å². The first-order chi connectivity index (χ1) is 6.18. The van der Waals surface area contributed by atoms with Gasteiger partial charge in [0.2, 0.25) is 0 Å². The Labute approximate surface area is 78.7 Å². The topological polar surface area (TPSA) is 29.3 Å². The second-order valence-electron chi connectivity index (χ2n) is 3.66. The van der Waals surface area contributed by atoms with Crippen molar-refractivity contribution in [1.29, 1.82) is 0 Å². The molecule has 0 amide bonds.